The number of aromatic carboxylic acids is 1. The third kappa shape index (κ3) is 3.91. The smallest absolute Gasteiger partial charge is 0.335 e. The van der Waals surface area contributed by atoms with Gasteiger partial charge in [-0.3, -0.25) is 9.48 Å². The van der Waals surface area contributed by atoms with E-state index in [1.807, 2.05) is 0 Å². The summed E-state index contributed by atoms with van der Waals surface area (Å²) in [4.78, 5) is 26.1. The maximum absolute atomic E-state index is 11.6. The van der Waals surface area contributed by atoms with E-state index in [0.29, 0.717) is 19.5 Å². The lowest BCUT2D eigenvalue weighted by Crippen LogP contribution is -2.24. The van der Waals surface area contributed by atoms with Crippen molar-refractivity contribution < 1.29 is 14.7 Å². The van der Waals surface area contributed by atoms with Gasteiger partial charge < -0.3 is 10.4 Å². The summed E-state index contributed by atoms with van der Waals surface area (Å²) in [7, 11) is 0. The molecule has 1 aromatic carbocycles. The summed E-state index contributed by atoms with van der Waals surface area (Å²) in [6, 6.07) is 6.39. The zero-order valence-electron chi connectivity index (χ0n) is 10.7. The van der Waals surface area contributed by atoms with Gasteiger partial charge in [-0.2, -0.15) is 5.10 Å². The van der Waals surface area contributed by atoms with E-state index in [1.165, 1.54) is 18.5 Å². The molecule has 2 N–H and O–H groups in total. The van der Waals surface area contributed by atoms with Crippen LogP contribution in [0.25, 0.3) is 0 Å². The quantitative estimate of drug-likeness (QED) is 0.807. The number of nitrogens with one attached hydrogen (secondary N) is 1. The van der Waals surface area contributed by atoms with Crippen LogP contribution in [0.2, 0.25) is 0 Å². The number of carboxylic acids is 1. The highest BCUT2D eigenvalue weighted by molar-refractivity contribution is 5.87. The maximum atomic E-state index is 11.6. The molecule has 20 heavy (non-hydrogen) atoms. The van der Waals surface area contributed by atoms with Crippen LogP contribution in [0.5, 0.6) is 0 Å². The summed E-state index contributed by atoms with van der Waals surface area (Å²) in [6.07, 6.45) is 3.29. The standard InChI is InChI=1S/C13H14N4O3/c18-12(5-6-17-9-14-8-16-17)15-7-10-1-3-11(4-2-10)13(19)20/h1-4,8-9H,5-7H2,(H,15,18)(H,19,20). The van der Waals surface area contributed by atoms with Crippen molar-refractivity contribution in [2.45, 2.75) is 19.5 Å². The van der Waals surface area contributed by atoms with Crippen LogP contribution >= 0.6 is 0 Å². The van der Waals surface area contributed by atoms with Gasteiger partial charge in [0.25, 0.3) is 0 Å². The average molecular weight is 274 g/mol. The molecule has 104 valence electrons. The highest BCUT2D eigenvalue weighted by Gasteiger charge is 2.04. The van der Waals surface area contributed by atoms with E-state index in [0.717, 1.165) is 5.56 Å². The van der Waals surface area contributed by atoms with Gasteiger partial charge in [0.1, 0.15) is 12.7 Å². The molecule has 0 bridgehead atoms. The van der Waals surface area contributed by atoms with Gasteiger partial charge in [-0.05, 0) is 17.7 Å². The van der Waals surface area contributed by atoms with Crippen molar-refractivity contribution in [2.24, 2.45) is 0 Å². The lowest BCUT2D eigenvalue weighted by atomic mass is 10.1. The zero-order chi connectivity index (χ0) is 14.4. The first-order valence-electron chi connectivity index (χ1n) is 6.06. The fourth-order valence-corrected chi connectivity index (χ4v) is 1.62. The number of carbonyl (C=O) groups is 2. The van der Waals surface area contributed by atoms with Crippen molar-refractivity contribution in [1.82, 2.24) is 20.1 Å². The molecule has 0 saturated heterocycles. The van der Waals surface area contributed by atoms with Crippen molar-refractivity contribution >= 4 is 11.9 Å². The second-order valence-corrected chi connectivity index (χ2v) is 4.19. The molecule has 0 atom stereocenters. The van der Waals surface area contributed by atoms with Gasteiger partial charge in [0.15, 0.2) is 0 Å². The fraction of sp³-hybridized carbons (Fsp3) is 0.231. The van der Waals surface area contributed by atoms with Crippen molar-refractivity contribution in [3.05, 3.63) is 48.0 Å². The molecule has 1 heterocycles. The van der Waals surface area contributed by atoms with Crippen LogP contribution in [0.4, 0.5) is 0 Å². The van der Waals surface area contributed by atoms with Crippen LogP contribution in [0, 0.1) is 0 Å². The Labute approximate surface area is 115 Å². The normalized spacial score (nSPS) is 10.2. The van der Waals surface area contributed by atoms with Crippen LogP contribution in [-0.2, 0) is 17.9 Å². The lowest BCUT2D eigenvalue weighted by Gasteiger charge is -2.05. The van der Waals surface area contributed by atoms with Crippen molar-refractivity contribution in [3.8, 4) is 0 Å². The second kappa shape index (κ2) is 6.46. The number of benzene rings is 1. The van der Waals surface area contributed by atoms with Gasteiger partial charge in [0, 0.05) is 13.0 Å². The molecule has 0 fully saturated rings. The Morgan fingerprint density at radius 3 is 2.60 bits per heavy atom. The molecule has 0 unspecified atom stereocenters. The predicted octanol–water partition coefficient (Wildman–Crippen LogP) is 0.683. The number of aryl methyl sites for hydroxylation is 1. The summed E-state index contributed by atoms with van der Waals surface area (Å²) < 4.78 is 1.58. The Balaban J connectivity index is 1.76. The molecule has 1 amide bonds. The minimum Gasteiger partial charge on any atom is -0.478 e. The van der Waals surface area contributed by atoms with Gasteiger partial charge in [0.05, 0.1) is 12.1 Å². The highest BCUT2D eigenvalue weighted by Crippen LogP contribution is 2.04. The Bertz CT molecular complexity index is 578. The number of carbonyl (C=O) groups excluding carboxylic acids is 1. The lowest BCUT2D eigenvalue weighted by molar-refractivity contribution is -0.121. The topological polar surface area (TPSA) is 97.1 Å². The summed E-state index contributed by atoms with van der Waals surface area (Å²) >= 11 is 0. The van der Waals surface area contributed by atoms with E-state index in [2.05, 4.69) is 15.4 Å². The Kier molecular flexibility index (Phi) is 4.43. The van der Waals surface area contributed by atoms with E-state index in [4.69, 9.17) is 5.11 Å². The SMILES string of the molecule is O=C(CCn1cncn1)NCc1ccc(C(=O)O)cc1. The number of aromatic nitrogens is 3. The average Bonchev–Trinajstić information content (AvgIpc) is 2.96. The van der Waals surface area contributed by atoms with Crippen LogP contribution in [0.1, 0.15) is 22.3 Å². The highest BCUT2D eigenvalue weighted by atomic mass is 16.4. The molecular weight excluding hydrogens is 260 g/mol. The first-order chi connectivity index (χ1) is 9.65. The van der Waals surface area contributed by atoms with E-state index in [9.17, 15) is 9.59 Å². The van der Waals surface area contributed by atoms with Crippen molar-refractivity contribution in [3.63, 3.8) is 0 Å². The van der Waals surface area contributed by atoms with Crippen molar-refractivity contribution in [2.75, 3.05) is 0 Å². The Morgan fingerprint density at radius 2 is 2.00 bits per heavy atom. The molecular formula is C13H14N4O3. The molecule has 7 heteroatoms. The molecule has 0 aliphatic carbocycles. The molecule has 0 aliphatic rings. The van der Waals surface area contributed by atoms with Crippen LogP contribution in [-0.4, -0.2) is 31.7 Å². The van der Waals surface area contributed by atoms with E-state index in [1.54, 1.807) is 23.1 Å². The molecule has 7 nitrogen and oxygen atoms in total. The minimum atomic E-state index is -0.964. The first-order valence-corrected chi connectivity index (χ1v) is 6.06. The molecule has 0 spiro atoms. The molecule has 0 aliphatic heterocycles. The predicted molar refractivity (Wildman–Crippen MR) is 69.9 cm³/mol. The summed E-state index contributed by atoms with van der Waals surface area (Å²) in [6.45, 7) is 0.847. The third-order valence-corrected chi connectivity index (χ3v) is 2.73. The van der Waals surface area contributed by atoms with Crippen molar-refractivity contribution in [1.29, 1.82) is 0 Å². The maximum Gasteiger partial charge on any atom is 0.335 e. The first kappa shape index (κ1) is 13.7. The third-order valence-electron chi connectivity index (χ3n) is 2.73. The van der Waals surface area contributed by atoms with Gasteiger partial charge in [0.2, 0.25) is 5.91 Å². The molecule has 0 saturated carbocycles. The monoisotopic (exact) mass is 274 g/mol. The summed E-state index contributed by atoms with van der Waals surface area (Å²) in [5, 5.41) is 15.4. The molecule has 2 aromatic rings. The fourth-order valence-electron chi connectivity index (χ4n) is 1.62. The van der Waals surface area contributed by atoms with Gasteiger partial charge in [-0.15, -0.1) is 0 Å². The summed E-state index contributed by atoms with van der Waals surface area (Å²) in [5.74, 6) is -1.06. The number of rotatable bonds is 6. The zero-order valence-corrected chi connectivity index (χ0v) is 10.7. The number of carboxylic acid groups (broad SMARTS) is 1. The molecule has 0 radical (unpaired) electrons. The van der Waals surface area contributed by atoms with E-state index >= 15 is 0 Å². The molecule has 1 aromatic heterocycles. The largest absolute Gasteiger partial charge is 0.478 e. The number of amides is 1. The van der Waals surface area contributed by atoms with E-state index < -0.39 is 5.97 Å². The second-order valence-electron chi connectivity index (χ2n) is 4.19. The summed E-state index contributed by atoms with van der Waals surface area (Å²) in [5.41, 5.74) is 1.08. The minimum absolute atomic E-state index is 0.0946. The number of hydrogen-bond acceptors (Lipinski definition) is 4. The van der Waals surface area contributed by atoms with E-state index in [-0.39, 0.29) is 11.5 Å². The number of hydrogen-bond donors (Lipinski definition) is 2. The van der Waals surface area contributed by atoms with Crippen LogP contribution < -0.4 is 5.32 Å². The van der Waals surface area contributed by atoms with Crippen LogP contribution in [0.3, 0.4) is 0 Å². The Hall–Kier alpha value is -2.70. The Morgan fingerprint density at radius 1 is 1.25 bits per heavy atom. The van der Waals surface area contributed by atoms with Crippen LogP contribution in [0.15, 0.2) is 36.9 Å². The van der Waals surface area contributed by atoms with Gasteiger partial charge in [-0.25, -0.2) is 9.78 Å². The number of nitrogens with zero attached hydrogens (tertiary/aromatic N) is 3. The molecule has 2 rings (SSSR count). The van der Waals surface area contributed by atoms with Gasteiger partial charge in [-0.1, -0.05) is 12.1 Å². The van der Waals surface area contributed by atoms with Gasteiger partial charge >= 0.3 is 5.97 Å².